The SMILES string of the molecule is CCC1(CC)CC2(CC(C)(C)N1OCCc1ccccc1)OCC(C)(COC1CCCCC1)CO2. The van der Waals surface area contributed by atoms with Gasteiger partial charge in [0, 0.05) is 23.8 Å². The molecular weight excluding hydrogens is 438 g/mol. The van der Waals surface area contributed by atoms with Crippen molar-refractivity contribution in [2.75, 3.05) is 26.4 Å². The maximum Gasteiger partial charge on any atom is 0.172 e. The molecule has 35 heavy (non-hydrogen) atoms. The Morgan fingerprint density at radius 2 is 1.57 bits per heavy atom. The molecule has 2 heterocycles. The van der Waals surface area contributed by atoms with Gasteiger partial charge in [0.2, 0.25) is 0 Å². The van der Waals surface area contributed by atoms with Crippen molar-refractivity contribution in [1.82, 2.24) is 5.06 Å². The molecule has 1 aromatic rings. The van der Waals surface area contributed by atoms with E-state index in [1.165, 1.54) is 37.7 Å². The number of ether oxygens (including phenoxy) is 3. The highest BCUT2D eigenvalue weighted by Gasteiger charge is 2.59. The molecule has 5 heteroatoms. The summed E-state index contributed by atoms with van der Waals surface area (Å²) in [6.45, 7) is 14.1. The number of hydroxylamine groups is 2. The van der Waals surface area contributed by atoms with Gasteiger partial charge in [-0.25, -0.2) is 0 Å². The fourth-order valence-electron chi connectivity index (χ4n) is 6.54. The molecule has 0 aromatic heterocycles. The molecule has 3 aliphatic rings. The highest BCUT2D eigenvalue weighted by atomic mass is 16.7. The molecule has 1 saturated carbocycles. The Morgan fingerprint density at radius 3 is 2.20 bits per heavy atom. The molecular formula is C30H49NO4. The van der Waals surface area contributed by atoms with Gasteiger partial charge < -0.3 is 14.2 Å². The Balaban J connectivity index is 1.39. The van der Waals surface area contributed by atoms with Crippen molar-refractivity contribution in [3.8, 4) is 0 Å². The van der Waals surface area contributed by atoms with Crippen molar-refractivity contribution in [3.63, 3.8) is 0 Å². The molecule has 198 valence electrons. The maximum absolute atomic E-state index is 6.69. The molecule has 0 radical (unpaired) electrons. The quantitative estimate of drug-likeness (QED) is 0.388. The molecule has 3 fully saturated rings. The lowest BCUT2D eigenvalue weighted by molar-refractivity contribution is -0.388. The van der Waals surface area contributed by atoms with Gasteiger partial charge in [0.15, 0.2) is 5.79 Å². The number of hydrogen-bond acceptors (Lipinski definition) is 5. The van der Waals surface area contributed by atoms with Gasteiger partial charge in [-0.1, -0.05) is 70.4 Å². The molecule has 1 spiro atoms. The zero-order valence-electron chi connectivity index (χ0n) is 22.9. The van der Waals surface area contributed by atoms with E-state index < -0.39 is 5.79 Å². The van der Waals surface area contributed by atoms with Crippen molar-refractivity contribution in [2.45, 2.75) is 122 Å². The van der Waals surface area contributed by atoms with E-state index in [1.54, 1.807) is 0 Å². The average molecular weight is 488 g/mol. The van der Waals surface area contributed by atoms with Crippen LogP contribution >= 0.6 is 0 Å². The summed E-state index contributed by atoms with van der Waals surface area (Å²) in [5.41, 5.74) is 0.904. The lowest BCUT2D eigenvalue weighted by Crippen LogP contribution is -2.69. The van der Waals surface area contributed by atoms with Crippen molar-refractivity contribution >= 4 is 0 Å². The first-order valence-electron chi connectivity index (χ1n) is 14.1. The lowest BCUT2D eigenvalue weighted by Gasteiger charge is -2.61. The number of rotatable bonds is 9. The Hall–Kier alpha value is -0.980. The topological polar surface area (TPSA) is 40.2 Å². The van der Waals surface area contributed by atoms with E-state index in [4.69, 9.17) is 19.0 Å². The van der Waals surface area contributed by atoms with E-state index in [0.29, 0.717) is 25.9 Å². The molecule has 0 atom stereocenters. The summed E-state index contributed by atoms with van der Waals surface area (Å²) in [4.78, 5) is 6.58. The summed E-state index contributed by atoms with van der Waals surface area (Å²) >= 11 is 0. The normalized spacial score (nSPS) is 31.6. The smallest absolute Gasteiger partial charge is 0.172 e. The third-order valence-electron chi connectivity index (χ3n) is 8.64. The van der Waals surface area contributed by atoms with E-state index in [2.05, 4.69) is 70.0 Å². The van der Waals surface area contributed by atoms with Crippen LogP contribution in [-0.4, -0.2) is 54.5 Å². The monoisotopic (exact) mass is 487 g/mol. The Labute approximate surface area is 213 Å². The molecule has 0 amide bonds. The highest BCUT2D eigenvalue weighted by molar-refractivity contribution is 5.14. The second-order valence-electron chi connectivity index (χ2n) is 12.3. The Bertz CT molecular complexity index is 777. The van der Waals surface area contributed by atoms with Crippen molar-refractivity contribution in [3.05, 3.63) is 35.9 Å². The molecule has 2 saturated heterocycles. The molecule has 0 unspecified atom stereocenters. The first kappa shape index (κ1) is 27.1. The van der Waals surface area contributed by atoms with Crippen LogP contribution in [0.2, 0.25) is 0 Å². The minimum Gasteiger partial charge on any atom is -0.377 e. The second kappa shape index (κ2) is 11.2. The van der Waals surface area contributed by atoms with E-state index >= 15 is 0 Å². The van der Waals surface area contributed by atoms with Gasteiger partial charge in [0.1, 0.15) is 0 Å². The van der Waals surface area contributed by atoms with Crippen LogP contribution in [0, 0.1) is 5.41 Å². The fraction of sp³-hybridized carbons (Fsp3) is 0.800. The molecule has 4 rings (SSSR count). The summed E-state index contributed by atoms with van der Waals surface area (Å²) < 4.78 is 19.7. The summed E-state index contributed by atoms with van der Waals surface area (Å²) in [6.07, 6.45) is 11.3. The van der Waals surface area contributed by atoms with Gasteiger partial charge in [-0.15, -0.1) is 0 Å². The van der Waals surface area contributed by atoms with E-state index in [-0.39, 0.29) is 16.5 Å². The fourth-order valence-corrected chi connectivity index (χ4v) is 6.54. The number of nitrogens with zero attached hydrogens (tertiary/aromatic N) is 1. The molecule has 2 aliphatic heterocycles. The van der Waals surface area contributed by atoms with Crippen LogP contribution in [0.25, 0.3) is 0 Å². The van der Waals surface area contributed by atoms with Crippen LogP contribution in [-0.2, 0) is 25.5 Å². The maximum atomic E-state index is 6.69. The minimum absolute atomic E-state index is 0.0861. The van der Waals surface area contributed by atoms with Gasteiger partial charge in [0.25, 0.3) is 0 Å². The molecule has 1 aliphatic carbocycles. The predicted octanol–water partition coefficient (Wildman–Crippen LogP) is 6.69. The molecule has 5 nitrogen and oxygen atoms in total. The number of benzene rings is 1. The zero-order chi connectivity index (χ0) is 25.0. The number of hydrogen-bond donors (Lipinski definition) is 0. The summed E-state index contributed by atoms with van der Waals surface area (Å²) in [7, 11) is 0. The van der Waals surface area contributed by atoms with Crippen LogP contribution < -0.4 is 0 Å². The first-order valence-corrected chi connectivity index (χ1v) is 14.1. The van der Waals surface area contributed by atoms with E-state index in [9.17, 15) is 0 Å². The highest BCUT2D eigenvalue weighted by Crippen LogP contribution is 2.51. The van der Waals surface area contributed by atoms with Gasteiger partial charge in [-0.2, -0.15) is 5.06 Å². The molecule has 0 N–H and O–H groups in total. The van der Waals surface area contributed by atoms with Gasteiger partial charge in [-0.05, 0) is 51.5 Å². The van der Waals surface area contributed by atoms with Crippen molar-refractivity contribution in [2.24, 2.45) is 5.41 Å². The van der Waals surface area contributed by atoms with Crippen LogP contribution in [0.3, 0.4) is 0 Å². The zero-order valence-corrected chi connectivity index (χ0v) is 22.9. The van der Waals surface area contributed by atoms with Gasteiger partial charge >= 0.3 is 0 Å². The Morgan fingerprint density at radius 1 is 0.914 bits per heavy atom. The second-order valence-corrected chi connectivity index (χ2v) is 12.3. The van der Waals surface area contributed by atoms with Crippen LogP contribution in [0.1, 0.15) is 98.0 Å². The molecule has 0 bridgehead atoms. The summed E-state index contributed by atoms with van der Waals surface area (Å²) in [5, 5.41) is 2.31. The third kappa shape index (κ3) is 6.30. The van der Waals surface area contributed by atoms with Crippen molar-refractivity contribution in [1.29, 1.82) is 0 Å². The summed E-state index contributed by atoms with van der Waals surface area (Å²) in [5.74, 6) is -0.556. The summed E-state index contributed by atoms with van der Waals surface area (Å²) in [6, 6.07) is 10.6. The standard InChI is InChI=1S/C30H49NO4/c1-6-29(7-2)21-30(20-27(3,4)31(29)35-19-18-25-14-10-8-11-15-25)33-23-28(5,24-34-30)22-32-26-16-12-9-13-17-26/h8,10-11,14-15,26H,6-7,9,12-13,16-24H2,1-5H3. The Kier molecular flexibility index (Phi) is 8.65. The minimum atomic E-state index is -0.556. The van der Waals surface area contributed by atoms with E-state index in [1.807, 2.05) is 0 Å². The first-order chi connectivity index (χ1) is 16.7. The lowest BCUT2D eigenvalue weighted by atomic mass is 9.72. The largest absolute Gasteiger partial charge is 0.377 e. The van der Waals surface area contributed by atoms with Crippen molar-refractivity contribution < 1.29 is 19.0 Å². The molecule has 1 aromatic carbocycles. The van der Waals surface area contributed by atoms with Crippen LogP contribution in [0.15, 0.2) is 30.3 Å². The average Bonchev–Trinajstić information content (AvgIpc) is 2.87. The van der Waals surface area contributed by atoms with Crippen LogP contribution in [0.5, 0.6) is 0 Å². The van der Waals surface area contributed by atoms with Crippen LogP contribution in [0.4, 0.5) is 0 Å². The number of piperidine rings is 1. The predicted molar refractivity (Wildman–Crippen MR) is 140 cm³/mol. The third-order valence-corrected chi connectivity index (χ3v) is 8.64. The van der Waals surface area contributed by atoms with E-state index in [0.717, 1.165) is 38.7 Å². The van der Waals surface area contributed by atoms with Gasteiger partial charge in [0.05, 0.1) is 38.1 Å². The van der Waals surface area contributed by atoms with Gasteiger partial charge in [-0.3, -0.25) is 4.84 Å².